The molecule has 26 heavy (non-hydrogen) atoms. The van der Waals surface area contributed by atoms with Crippen LogP contribution in [0.15, 0.2) is 60.7 Å². The summed E-state index contributed by atoms with van der Waals surface area (Å²) in [5.41, 5.74) is 2.63. The summed E-state index contributed by atoms with van der Waals surface area (Å²) in [5, 5.41) is 10.8. The largest absolute Gasteiger partial charge is 0.321 e. The molecule has 3 aromatic rings. The molecule has 0 aliphatic carbocycles. The summed E-state index contributed by atoms with van der Waals surface area (Å²) in [7, 11) is 0. The highest BCUT2D eigenvalue weighted by Crippen LogP contribution is 2.36. The van der Waals surface area contributed by atoms with Crippen LogP contribution in [0.25, 0.3) is 0 Å². The molecule has 1 aromatic heterocycles. The Morgan fingerprint density at radius 2 is 1.85 bits per heavy atom. The van der Waals surface area contributed by atoms with Gasteiger partial charge in [-0.15, -0.1) is 10.2 Å². The Bertz CT molecular complexity index is 958. The molecule has 1 atom stereocenters. The molecule has 1 aliphatic heterocycles. The molecule has 0 saturated heterocycles. The number of amides is 1. The lowest BCUT2D eigenvalue weighted by Crippen LogP contribution is -2.25. The Morgan fingerprint density at radius 1 is 1.08 bits per heavy atom. The topological polar surface area (TPSA) is 58.1 Å². The molecule has 0 fully saturated rings. The molecule has 1 N–H and O–H groups in total. The Kier molecular flexibility index (Phi) is 4.08. The van der Waals surface area contributed by atoms with Crippen LogP contribution in [0.5, 0.6) is 0 Å². The minimum Gasteiger partial charge on any atom is -0.321 e. The van der Waals surface area contributed by atoms with Crippen LogP contribution in [-0.2, 0) is 6.42 Å². The zero-order valence-corrected chi connectivity index (χ0v) is 14.2. The van der Waals surface area contributed by atoms with E-state index in [1.54, 1.807) is 24.3 Å². The molecule has 6 heteroatoms. The predicted molar refractivity (Wildman–Crippen MR) is 98.1 cm³/mol. The second-order valence-corrected chi connectivity index (χ2v) is 6.26. The number of carbonyl (C=O) groups excluding carboxylic acids is 1. The van der Waals surface area contributed by atoms with Crippen LogP contribution < -0.4 is 10.2 Å². The van der Waals surface area contributed by atoms with Crippen LogP contribution in [0.2, 0.25) is 0 Å². The number of para-hydroxylation sites is 2. The zero-order chi connectivity index (χ0) is 18.1. The van der Waals surface area contributed by atoms with Crippen molar-refractivity contribution in [2.45, 2.75) is 19.4 Å². The number of anilines is 3. The van der Waals surface area contributed by atoms with Gasteiger partial charge in [-0.05, 0) is 49.2 Å². The summed E-state index contributed by atoms with van der Waals surface area (Å²) in [6.07, 6.45) is 0.938. The van der Waals surface area contributed by atoms with E-state index in [1.165, 1.54) is 17.7 Å². The van der Waals surface area contributed by atoms with Crippen LogP contribution in [0.4, 0.5) is 21.6 Å². The maximum absolute atomic E-state index is 13.7. The smallest absolute Gasteiger partial charge is 0.276 e. The lowest BCUT2D eigenvalue weighted by Gasteiger charge is -2.23. The first-order valence-electron chi connectivity index (χ1n) is 8.40. The van der Waals surface area contributed by atoms with Crippen molar-refractivity contribution in [3.05, 3.63) is 77.7 Å². The van der Waals surface area contributed by atoms with Gasteiger partial charge < -0.3 is 10.2 Å². The summed E-state index contributed by atoms with van der Waals surface area (Å²) in [6, 6.07) is 17.8. The van der Waals surface area contributed by atoms with Crippen molar-refractivity contribution in [3.63, 3.8) is 0 Å². The number of carbonyl (C=O) groups is 1. The van der Waals surface area contributed by atoms with Crippen LogP contribution in [0.1, 0.15) is 23.0 Å². The van der Waals surface area contributed by atoms with Crippen molar-refractivity contribution in [2.75, 3.05) is 10.2 Å². The number of fused-ring (bicyclic) bond motifs is 1. The monoisotopic (exact) mass is 348 g/mol. The Hall–Kier alpha value is -3.28. The maximum atomic E-state index is 13.7. The molecular weight excluding hydrogens is 331 g/mol. The molecule has 0 bridgehead atoms. The lowest BCUT2D eigenvalue weighted by molar-refractivity contribution is 0.102. The summed E-state index contributed by atoms with van der Waals surface area (Å²) in [4.78, 5) is 14.4. The van der Waals surface area contributed by atoms with Gasteiger partial charge in [0.25, 0.3) is 5.91 Å². The number of nitrogens with one attached hydrogen (secondary N) is 1. The predicted octanol–water partition coefficient (Wildman–Crippen LogP) is 3.95. The summed E-state index contributed by atoms with van der Waals surface area (Å²) in [6.45, 7) is 2.13. The van der Waals surface area contributed by atoms with E-state index in [4.69, 9.17) is 0 Å². The summed E-state index contributed by atoms with van der Waals surface area (Å²) in [5.74, 6) is -0.304. The van der Waals surface area contributed by atoms with Crippen LogP contribution >= 0.6 is 0 Å². The van der Waals surface area contributed by atoms with E-state index < -0.39 is 11.7 Å². The third-order valence-electron chi connectivity index (χ3n) is 4.46. The van der Waals surface area contributed by atoms with Crippen molar-refractivity contribution in [1.82, 2.24) is 10.2 Å². The van der Waals surface area contributed by atoms with Gasteiger partial charge in [-0.3, -0.25) is 4.79 Å². The average molecular weight is 348 g/mol. The molecule has 0 spiro atoms. The molecule has 1 unspecified atom stereocenters. The Balaban J connectivity index is 1.56. The number of benzene rings is 2. The van der Waals surface area contributed by atoms with Gasteiger partial charge in [0.1, 0.15) is 5.82 Å². The lowest BCUT2D eigenvalue weighted by atomic mass is 10.1. The first kappa shape index (κ1) is 16.2. The molecular formula is C20H17FN4O. The summed E-state index contributed by atoms with van der Waals surface area (Å²) >= 11 is 0. The van der Waals surface area contributed by atoms with Gasteiger partial charge in [-0.2, -0.15) is 0 Å². The van der Waals surface area contributed by atoms with Crippen molar-refractivity contribution >= 4 is 23.1 Å². The molecule has 5 nitrogen and oxygen atoms in total. The highest BCUT2D eigenvalue weighted by Gasteiger charge is 2.28. The quantitative estimate of drug-likeness (QED) is 0.779. The fraction of sp³-hybridized carbons (Fsp3) is 0.150. The summed E-state index contributed by atoms with van der Waals surface area (Å²) < 4.78 is 13.7. The minimum absolute atomic E-state index is 0.116. The standard InChI is InChI=1S/C20H17FN4O/c1-13-12-14-6-2-5-9-18(14)25(13)19-11-10-17(23-24-19)20(26)22-16-8-4-3-7-15(16)21/h2-11,13H,12H2,1H3,(H,22,26). The van der Waals surface area contributed by atoms with Crippen LogP contribution in [0, 0.1) is 5.82 Å². The number of halogens is 1. The molecule has 2 aromatic carbocycles. The third-order valence-corrected chi connectivity index (χ3v) is 4.46. The second-order valence-electron chi connectivity index (χ2n) is 6.26. The first-order valence-corrected chi connectivity index (χ1v) is 8.40. The van der Waals surface area contributed by atoms with E-state index in [9.17, 15) is 9.18 Å². The van der Waals surface area contributed by atoms with Gasteiger partial charge in [0.15, 0.2) is 11.5 Å². The van der Waals surface area contributed by atoms with Gasteiger partial charge >= 0.3 is 0 Å². The van der Waals surface area contributed by atoms with Crippen molar-refractivity contribution < 1.29 is 9.18 Å². The molecule has 0 saturated carbocycles. The van der Waals surface area contributed by atoms with Gasteiger partial charge in [0.2, 0.25) is 0 Å². The zero-order valence-electron chi connectivity index (χ0n) is 14.2. The van der Waals surface area contributed by atoms with Gasteiger partial charge in [-0.25, -0.2) is 4.39 Å². The van der Waals surface area contributed by atoms with Crippen molar-refractivity contribution in [2.24, 2.45) is 0 Å². The molecule has 0 radical (unpaired) electrons. The average Bonchev–Trinajstić information content (AvgIpc) is 2.99. The fourth-order valence-corrected chi connectivity index (χ4v) is 3.24. The number of hydrogen-bond donors (Lipinski definition) is 1. The molecule has 1 amide bonds. The van der Waals surface area contributed by atoms with E-state index in [0.29, 0.717) is 5.82 Å². The van der Waals surface area contributed by atoms with E-state index in [0.717, 1.165) is 12.1 Å². The molecule has 4 rings (SSSR count). The van der Waals surface area contributed by atoms with Gasteiger partial charge in [0, 0.05) is 11.7 Å². The minimum atomic E-state index is -0.496. The SMILES string of the molecule is CC1Cc2ccccc2N1c1ccc(C(=O)Nc2ccccc2F)nn1. The van der Waals surface area contributed by atoms with Crippen molar-refractivity contribution in [1.29, 1.82) is 0 Å². The highest BCUT2D eigenvalue weighted by molar-refractivity contribution is 6.02. The normalized spacial score (nSPS) is 15.6. The van der Waals surface area contributed by atoms with Gasteiger partial charge in [-0.1, -0.05) is 30.3 Å². The fourth-order valence-electron chi connectivity index (χ4n) is 3.24. The molecule has 1 aliphatic rings. The van der Waals surface area contributed by atoms with E-state index in [-0.39, 0.29) is 17.4 Å². The number of nitrogens with zero attached hydrogens (tertiary/aromatic N) is 3. The highest BCUT2D eigenvalue weighted by atomic mass is 19.1. The third kappa shape index (κ3) is 2.90. The molecule has 2 heterocycles. The van der Waals surface area contributed by atoms with Crippen LogP contribution in [0.3, 0.4) is 0 Å². The number of rotatable bonds is 3. The van der Waals surface area contributed by atoms with E-state index in [1.807, 2.05) is 12.1 Å². The van der Waals surface area contributed by atoms with Crippen LogP contribution in [-0.4, -0.2) is 22.1 Å². The van der Waals surface area contributed by atoms with E-state index >= 15 is 0 Å². The van der Waals surface area contributed by atoms with E-state index in [2.05, 4.69) is 39.5 Å². The Morgan fingerprint density at radius 3 is 2.62 bits per heavy atom. The van der Waals surface area contributed by atoms with Gasteiger partial charge in [0.05, 0.1) is 5.69 Å². The second kappa shape index (κ2) is 6.55. The number of aromatic nitrogens is 2. The molecule has 130 valence electrons. The van der Waals surface area contributed by atoms with Crippen molar-refractivity contribution in [3.8, 4) is 0 Å². The maximum Gasteiger partial charge on any atom is 0.276 e. The Labute approximate surface area is 150 Å². The number of hydrogen-bond acceptors (Lipinski definition) is 4. The first-order chi connectivity index (χ1) is 12.6.